The number of rotatable bonds is 17. The fraction of sp³-hybridized carbons (Fsp3) is 0.200. The number of hydrogen-bond acceptors (Lipinski definition) is 8. The second kappa shape index (κ2) is 17.7. The van der Waals surface area contributed by atoms with Gasteiger partial charge in [0.25, 0.3) is 0 Å². The minimum atomic E-state index is 0.710. The highest BCUT2D eigenvalue weighted by atomic mass is 14.9. The summed E-state index contributed by atoms with van der Waals surface area (Å²) in [6, 6.07) is 37.9. The maximum atomic E-state index is 4.47. The van der Waals surface area contributed by atoms with Crippen LogP contribution in [0.2, 0.25) is 0 Å². The predicted octanol–water partition coefficient (Wildman–Crippen LogP) is 6.09. The highest BCUT2D eigenvalue weighted by Gasteiger charge is 2.09. The van der Waals surface area contributed by atoms with E-state index in [4.69, 9.17) is 0 Å². The lowest BCUT2D eigenvalue weighted by Gasteiger charge is -2.15. The molecular weight excluding hydrogens is 592 g/mol. The molecule has 0 radical (unpaired) electrons. The van der Waals surface area contributed by atoms with Crippen molar-refractivity contribution < 1.29 is 0 Å². The van der Waals surface area contributed by atoms with Crippen LogP contribution in [0.15, 0.2) is 134 Å². The van der Waals surface area contributed by atoms with Gasteiger partial charge in [-0.05, 0) is 106 Å². The molecule has 4 aromatic heterocycles. The molecule has 2 aromatic carbocycles. The first-order valence-electron chi connectivity index (χ1n) is 16.5. The van der Waals surface area contributed by atoms with Gasteiger partial charge in [-0.25, -0.2) is 0 Å². The van der Waals surface area contributed by atoms with E-state index < -0.39 is 0 Å². The van der Waals surface area contributed by atoms with Crippen LogP contribution in [0.3, 0.4) is 0 Å². The maximum absolute atomic E-state index is 4.47. The van der Waals surface area contributed by atoms with E-state index in [9.17, 15) is 0 Å². The standard InChI is InChI=1S/C40H42N8/c1-5-13-45-37(9-1)27-41-23-31-17-32(24-42-28-38-10-2-6-14-46-38)20-35(19-31)36-21-33(25-43-29-39-11-3-7-15-47-39)18-34(22-36)26-44-30-40-12-4-8-16-48-40/h1-22,41-44H,23-30H2. The van der Waals surface area contributed by atoms with Gasteiger partial charge in [0, 0.05) is 77.1 Å². The molecule has 0 aliphatic rings. The van der Waals surface area contributed by atoms with Crippen molar-refractivity contribution in [3.8, 4) is 11.1 Å². The van der Waals surface area contributed by atoms with E-state index in [0.717, 1.165) is 49.0 Å². The fourth-order valence-electron chi connectivity index (χ4n) is 5.62. The normalized spacial score (nSPS) is 11.1. The van der Waals surface area contributed by atoms with Crippen molar-refractivity contribution in [1.29, 1.82) is 0 Å². The van der Waals surface area contributed by atoms with Gasteiger partial charge in [-0.2, -0.15) is 0 Å². The quantitative estimate of drug-likeness (QED) is 0.0957. The summed E-state index contributed by atoms with van der Waals surface area (Å²) in [5.41, 5.74) is 11.4. The highest BCUT2D eigenvalue weighted by Crippen LogP contribution is 2.26. The smallest absolute Gasteiger partial charge is 0.0541 e. The average molecular weight is 635 g/mol. The van der Waals surface area contributed by atoms with Crippen molar-refractivity contribution in [2.24, 2.45) is 0 Å². The molecule has 0 aliphatic heterocycles. The van der Waals surface area contributed by atoms with Crippen LogP contribution in [-0.4, -0.2) is 19.9 Å². The molecule has 0 bridgehead atoms. The number of aromatic nitrogens is 4. The van der Waals surface area contributed by atoms with E-state index in [0.29, 0.717) is 26.2 Å². The molecule has 48 heavy (non-hydrogen) atoms. The van der Waals surface area contributed by atoms with Gasteiger partial charge in [-0.3, -0.25) is 19.9 Å². The second-order valence-corrected chi connectivity index (χ2v) is 11.8. The van der Waals surface area contributed by atoms with Gasteiger partial charge in [0.2, 0.25) is 0 Å². The molecule has 8 nitrogen and oxygen atoms in total. The largest absolute Gasteiger partial charge is 0.307 e. The van der Waals surface area contributed by atoms with E-state index in [1.807, 2.05) is 97.6 Å². The number of hydrogen-bond donors (Lipinski definition) is 4. The summed E-state index contributed by atoms with van der Waals surface area (Å²) in [5, 5.41) is 14.4. The van der Waals surface area contributed by atoms with Crippen LogP contribution < -0.4 is 21.3 Å². The zero-order chi connectivity index (χ0) is 32.6. The van der Waals surface area contributed by atoms with Crippen molar-refractivity contribution in [2.45, 2.75) is 52.4 Å². The molecule has 0 atom stereocenters. The monoisotopic (exact) mass is 634 g/mol. The molecule has 0 spiro atoms. The van der Waals surface area contributed by atoms with Crippen LogP contribution >= 0.6 is 0 Å². The molecule has 4 N–H and O–H groups in total. The van der Waals surface area contributed by atoms with Gasteiger partial charge in [0.05, 0.1) is 22.8 Å². The number of nitrogens with one attached hydrogen (secondary N) is 4. The minimum absolute atomic E-state index is 0.710. The molecular formula is C40H42N8. The van der Waals surface area contributed by atoms with Crippen molar-refractivity contribution in [3.05, 3.63) is 179 Å². The van der Waals surface area contributed by atoms with E-state index in [2.05, 4.69) is 77.6 Å². The SMILES string of the molecule is c1ccc(CNCc2cc(CNCc3ccccn3)cc(-c3cc(CNCc4ccccn4)cc(CNCc4ccccn4)c3)c2)nc1. The van der Waals surface area contributed by atoms with Gasteiger partial charge in [0.15, 0.2) is 0 Å². The lowest BCUT2D eigenvalue weighted by Crippen LogP contribution is -2.16. The van der Waals surface area contributed by atoms with Crippen LogP contribution in [0.1, 0.15) is 45.0 Å². The fourth-order valence-corrected chi connectivity index (χ4v) is 5.62. The summed E-state index contributed by atoms with van der Waals surface area (Å²) in [5.74, 6) is 0. The first kappa shape index (κ1) is 32.8. The maximum Gasteiger partial charge on any atom is 0.0541 e. The first-order valence-corrected chi connectivity index (χ1v) is 16.5. The third kappa shape index (κ3) is 10.4. The highest BCUT2D eigenvalue weighted by molar-refractivity contribution is 5.67. The molecule has 4 heterocycles. The van der Waals surface area contributed by atoms with E-state index in [1.165, 1.54) is 33.4 Å². The van der Waals surface area contributed by atoms with E-state index in [-0.39, 0.29) is 0 Å². The second-order valence-electron chi connectivity index (χ2n) is 11.8. The lowest BCUT2D eigenvalue weighted by atomic mass is 9.96. The number of nitrogens with zero attached hydrogens (tertiary/aromatic N) is 4. The zero-order valence-corrected chi connectivity index (χ0v) is 27.1. The van der Waals surface area contributed by atoms with Crippen LogP contribution in [0.4, 0.5) is 0 Å². The summed E-state index contributed by atoms with van der Waals surface area (Å²) in [6.07, 6.45) is 7.35. The average Bonchev–Trinajstić information content (AvgIpc) is 3.13. The number of pyridine rings is 4. The molecule has 8 heteroatoms. The van der Waals surface area contributed by atoms with Gasteiger partial charge in [0.1, 0.15) is 0 Å². The molecule has 6 aromatic rings. The molecule has 0 saturated carbocycles. The first-order chi connectivity index (χ1) is 23.8. The minimum Gasteiger partial charge on any atom is -0.307 e. The summed E-state index contributed by atoms with van der Waals surface area (Å²) in [4.78, 5) is 17.9. The molecule has 0 aliphatic carbocycles. The zero-order valence-electron chi connectivity index (χ0n) is 27.1. The van der Waals surface area contributed by atoms with Crippen molar-refractivity contribution in [3.63, 3.8) is 0 Å². The topological polar surface area (TPSA) is 99.7 Å². The van der Waals surface area contributed by atoms with Gasteiger partial charge >= 0.3 is 0 Å². The van der Waals surface area contributed by atoms with Gasteiger partial charge < -0.3 is 21.3 Å². The summed E-state index contributed by atoms with van der Waals surface area (Å²) < 4.78 is 0. The van der Waals surface area contributed by atoms with Crippen LogP contribution in [0, 0.1) is 0 Å². The predicted molar refractivity (Wildman–Crippen MR) is 191 cm³/mol. The molecule has 6 rings (SSSR count). The Bertz CT molecular complexity index is 1550. The van der Waals surface area contributed by atoms with E-state index in [1.54, 1.807) is 0 Å². The molecule has 0 unspecified atom stereocenters. The summed E-state index contributed by atoms with van der Waals surface area (Å²) in [7, 11) is 0. The Morgan fingerprint density at radius 2 is 0.583 bits per heavy atom. The Kier molecular flexibility index (Phi) is 12.1. The Balaban J connectivity index is 1.23. The Morgan fingerprint density at radius 3 is 0.812 bits per heavy atom. The molecule has 242 valence electrons. The molecule has 0 saturated heterocycles. The third-order valence-corrected chi connectivity index (χ3v) is 7.88. The van der Waals surface area contributed by atoms with Gasteiger partial charge in [-0.1, -0.05) is 36.4 Å². The van der Waals surface area contributed by atoms with Crippen LogP contribution in [0.25, 0.3) is 11.1 Å². The van der Waals surface area contributed by atoms with Crippen molar-refractivity contribution >= 4 is 0 Å². The summed E-state index contributed by atoms with van der Waals surface area (Å²) in [6.45, 7) is 5.79. The third-order valence-electron chi connectivity index (χ3n) is 7.88. The van der Waals surface area contributed by atoms with Crippen LogP contribution in [-0.2, 0) is 52.4 Å². The van der Waals surface area contributed by atoms with Gasteiger partial charge in [-0.15, -0.1) is 0 Å². The van der Waals surface area contributed by atoms with Crippen LogP contribution in [0.5, 0.6) is 0 Å². The molecule has 0 amide bonds. The van der Waals surface area contributed by atoms with Crippen molar-refractivity contribution in [2.75, 3.05) is 0 Å². The summed E-state index contributed by atoms with van der Waals surface area (Å²) >= 11 is 0. The molecule has 0 fully saturated rings. The lowest BCUT2D eigenvalue weighted by molar-refractivity contribution is 0.667. The van der Waals surface area contributed by atoms with E-state index >= 15 is 0 Å². The Morgan fingerprint density at radius 1 is 0.312 bits per heavy atom. The Labute approximate surface area is 283 Å². The Hall–Kier alpha value is -5.12. The van der Waals surface area contributed by atoms with Crippen molar-refractivity contribution in [1.82, 2.24) is 41.2 Å². The number of benzene rings is 2.